The predicted molar refractivity (Wildman–Crippen MR) is 101 cm³/mol. The van der Waals surface area contributed by atoms with E-state index < -0.39 is 0 Å². The molecule has 6 heteroatoms. The lowest BCUT2D eigenvalue weighted by Gasteiger charge is -2.21. The van der Waals surface area contributed by atoms with Gasteiger partial charge in [-0.25, -0.2) is 4.99 Å². The number of aromatic nitrogens is 1. The van der Waals surface area contributed by atoms with Crippen LogP contribution in [0.5, 0.6) is 5.75 Å². The summed E-state index contributed by atoms with van der Waals surface area (Å²) in [5.41, 5.74) is 3.79. The molecule has 26 heavy (non-hydrogen) atoms. The molecule has 0 aliphatic carbocycles. The van der Waals surface area contributed by atoms with Crippen LogP contribution in [-0.4, -0.2) is 18.1 Å². The Labute approximate surface area is 152 Å². The fraction of sp³-hybridized carbons (Fsp3) is 0.150. The van der Waals surface area contributed by atoms with E-state index in [1.165, 1.54) is 0 Å². The van der Waals surface area contributed by atoms with E-state index in [2.05, 4.69) is 26.7 Å². The van der Waals surface area contributed by atoms with Crippen molar-refractivity contribution in [1.29, 1.82) is 5.26 Å². The van der Waals surface area contributed by atoms with E-state index in [-0.39, 0.29) is 0 Å². The maximum Gasteiger partial charge on any atom is 0.200 e. The molecule has 1 aliphatic rings. The molecule has 1 aromatic heterocycles. The lowest BCUT2D eigenvalue weighted by molar-refractivity contribution is 0.414. The molecule has 0 amide bonds. The summed E-state index contributed by atoms with van der Waals surface area (Å²) in [4.78, 5) is 8.82. The lowest BCUT2D eigenvalue weighted by atomic mass is 10.1. The first-order valence-corrected chi connectivity index (χ1v) is 8.15. The molecule has 2 heterocycles. The summed E-state index contributed by atoms with van der Waals surface area (Å²) in [6, 6.07) is 15.5. The third-order valence-corrected chi connectivity index (χ3v) is 3.92. The van der Waals surface area contributed by atoms with Gasteiger partial charge in [-0.3, -0.25) is 4.98 Å². The van der Waals surface area contributed by atoms with Crippen molar-refractivity contribution in [2.45, 2.75) is 13.5 Å². The van der Waals surface area contributed by atoms with E-state index in [0.717, 1.165) is 16.9 Å². The predicted octanol–water partition coefficient (Wildman–Crippen LogP) is 2.98. The number of rotatable bonds is 4. The summed E-state index contributed by atoms with van der Waals surface area (Å²) in [6.45, 7) is 2.43. The Hall–Kier alpha value is -3.59. The number of benzene rings is 1. The summed E-state index contributed by atoms with van der Waals surface area (Å²) in [5, 5.41) is 15.9. The Morgan fingerprint density at radius 2 is 2.04 bits per heavy atom. The van der Waals surface area contributed by atoms with Crippen LogP contribution in [0.1, 0.15) is 18.2 Å². The van der Waals surface area contributed by atoms with Gasteiger partial charge in [-0.15, -0.1) is 0 Å². The Balaban J connectivity index is 1.84. The molecule has 0 atom stereocenters. The van der Waals surface area contributed by atoms with Crippen molar-refractivity contribution in [3.8, 4) is 11.8 Å². The number of aliphatic imine (C=N–C) groups is 1. The van der Waals surface area contributed by atoms with Crippen LogP contribution >= 0.6 is 0 Å². The van der Waals surface area contributed by atoms with Crippen LogP contribution in [0, 0.1) is 11.3 Å². The van der Waals surface area contributed by atoms with Gasteiger partial charge in [-0.2, -0.15) is 5.26 Å². The van der Waals surface area contributed by atoms with Crippen molar-refractivity contribution >= 4 is 11.5 Å². The standard InChI is InChI=1S/C20H19N5O/c1-14-12-23-20(24-13-15-6-8-16(26-2)9-7-15)25-19(14)17(11-21)18-5-3-4-10-22-18/h3-10,12H,13H2,1-2H3,(H2,23,24,25). The molecule has 6 nitrogen and oxygen atoms in total. The molecule has 0 unspecified atom stereocenters. The van der Waals surface area contributed by atoms with Crippen molar-refractivity contribution in [2.24, 2.45) is 4.99 Å². The van der Waals surface area contributed by atoms with E-state index in [4.69, 9.17) is 4.74 Å². The van der Waals surface area contributed by atoms with E-state index >= 15 is 0 Å². The second kappa shape index (κ2) is 7.99. The zero-order chi connectivity index (χ0) is 18.4. The highest BCUT2D eigenvalue weighted by molar-refractivity contribution is 5.90. The van der Waals surface area contributed by atoms with Gasteiger partial charge >= 0.3 is 0 Å². The minimum Gasteiger partial charge on any atom is -0.497 e. The highest BCUT2D eigenvalue weighted by atomic mass is 16.5. The molecule has 0 saturated heterocycles. The number of pyridine rings is 1. The summed E-state index contributed by atoms with van der Waals surface area (Å²) >= 11 is 0. The zero-order valence-electron chi connectivity index (χ0n) is 14.7. The molecular formula is C20H19N5O. The number of nitrogens with one attached hydrogen (secondary N) is 2. The average molecular weight is 345 g/mol. The van der Waals surface area contributed by atoms with Crippen molar-refractivity contribution in [3.05, 3.63) is 77.4 Å². The maximum atomic E-state index is 9.61. The SMILES string of the molecule is COc1ccc(CN=C2NC=C(C)C(=C(C#N)c3ccccn3)N2)cc1. The van der Waals surface area contributed by atoms with Crippen molar-refractivity contribution < 1.29 is 4.74 Å². The molecular weight excluding hydrogens is 326 g/mol. The normalized spacial score (nSPS) is 16.8. The van der Waals surface area contributed by atoms with Crippen molar-refractivity contribution in [1.82, 2.24) is 15.6 Å². The van der Waals surface area contributed by atoms with E-state index in [9.17, 15) is 5.26 Å². The molecule has 2 aromatic rings. The van der Waals surface area contributed by atoms with E-state index in [1.807, 2.05) is 55.6 Å². The van der Waals surface area contributed by atoms with Crippen molar-refractivity contribution in [3.63, 3.8) is 0 Å². The van der Waals surface area contributed by atoms with Crippen LogP contribution in [0.25, 0.3) is 5.57 Å². The molecule has 0 radical (unpaired) electrons. The molecule has 0 bridgehead atoms. The molecule has 0 fully saturated rings. The van der Waals surface area contributed by atoms with Gasteiger partial charge in [0.15, 0.2) is 5.96 Å². The van der Waals surface area contributed by atoms with Gasteiger partial charge in [-0.1, -0.05) is 18.2 Å². The molecule has 0 spiro atoms. The van der Waals surface area contributed by atoms with E-state index in [0.29, 0.717) is 29.5 Å². The number of nitriles is 1. The van der Waals surface area contributed by atoms with E-state index in [1.54, 1.807) is 13.3 Å². The zero-order valence-corrected chi connectivity index (χ0v) is 14.7. The summed E-state index contributed by atoms with van der Waals surface area (Å²) in [6.07, 6.45) is 3.50. The van der Waals surface area contributed by atoms with Crippen molar-refractivity contribution in [2.75, 3.05) is 7.11 Å². The van der Waals surface area contributed by atoms with Gasteiger partial charge in [0, 0.05) is 12.4 Å². The Bertz CT molecular complexity index is 905. The highest BCUT2D eigenvalue weighted by Gasteiger charge is 2.17. The molecule has 1 aliphatic heterocycles. The topological polar surface area (TPSA) is 82.3 Å². The van der Waals surface area contributed by atoms with Gasteiger partial charge in [-0.05, 0) is 42.3 Å². The minimum absolute atomic E-state index is 0.484. The third-order valence-electron chi connectivity index (χ3n) is 3.92. The quantitative estimate of drug-likeness (QED) is 0.833. The van der Waals surface area contributed by atoms with Gasteiger partial charge in [0.25, 0.3) is 0 Å². The molecule has 0 saturated carbocycles. The van der Waals surface area contributed by atoms with Gasteiger partial charge < -0.3 is 15.4 Å². The third kappa shape index (κ3) is 3.90. The molecule has 1 aromatic carbocycles. The second-order valence-corrected chi connectivity index (χ2v) is 5.69. The smallest absolute Gasteiger partial charge is 0.200 e. The Morgan fingerprint density at radius 1 is 1.23 bits per heavy atom. The minimum atomic E-state index is 0.484. The first kappa shape index (κ1) is 17.2. The average Bonchev–Trinajstić information content (AvgIpc) is 2.70. The largest absolute Gasteiger partial charge is 0.497 e. The Morgan fingerprint density at radius 3 is 2.69 bits per heavy atom. The molecule has 130 valence electrons. The number of methoxy groups -OCH3 is 1. The summed E-state index contributed by atoms with van der Waals surface area (Å²) in [7, 11) is 1.64. The van der Waals surface area contributed by atoms with Gasteiger partial charge in [0.05, 0.1) is 25.0 Å². The summed E-state index contributed by atoms with van der Waals surface area (Å²) < 4.78 is 5.16. The van der Waals surface area contributed by atoms with Crippen LogP contribution in [-0.2, 0) is 6.54 Å². The lowest BCUT2D eigenvalue weighted by Crippen LogP contribution is -2.38. The van der Waals surface area contributed by atoms with Crippen LogP contribution < -0.4 is 15.4 Å². The first-order valence-electron chi connectivity index (χ1n) is 8.15. The van der Waals surface area contributed by atoms with Crippen LogP contribution in [0.3, 0.4) is 0 Å². The number of hydrogen-bond acceptors (Lipinski definition) is 4. The molecule has 2 N–H and O–H groups in total. The van der Waals surface area contributed by atoms with Crippen LogP contribution in [0.15, 0.2) is 71.1 Å². The van der Waals surface area contributed by atoms with Gasteiger partial charge in [0.2, 0.25) is 0 Å². The fourth-order valence-corrected chi connectivity index (χ4v) is 2.50. The molecule has 3 rings (SSSR count). The number of nitrogens with zero attached hydrogens (tertiary/aromatic N) is 3. The van der Waals surface area contributed by atoms with Crippen LogP contribution in [0.4, 0.5) is 0 Å². The Kier molecular flexibility index (Phi) is 5.30. The fourth-order valence-electron chi connectivity index (χ4n) is 2.50. The summed E-state index contributed by atoms with van der Waals surface area (Å²) in [5.74, 6) is 1.40. The number of allylic oxidation sites excluding steroid dienone is 2. The highest BCUT2D eigenvalue weighted by Crippen LogP contribution is 2.21. The first-order chi connectivity index (χ1) is 12.7. The maximum absolute atomic E-state index is 9.61. The number of ether oxygens (including phenoxy) is 1. The van der Waals surface area contributed by atoms with Crippen LogP contribution in [0.2, 0.25) is 0 Å². The second-order valence-electron chi connectivity index (χ2n) is 5.69. The monoisotopic (exact) mass is 345 g/mol. The van der Waals surface area contributed by atoms with Gasteiger partial charge in [0.1, 0.15) is 17.4 Å². The number of guanidine groups is 1. The number of hydrogen-bond donors (Lipinski definition) is 2.